The van der Waals surface area contributed by atoms with Gasteiger partial charge in [-0.05, 0) is 12.1 Å². The number of nitriles is 1. The molecule has 0 fully saturated rings. The molecule has 0 saturated carbocycles. The SMILES string of the molecule is COc1cc(C#N)ccc1O[PH](=S)C(Cl)Cl. The first-order chi connectivity index (χ1) is 7.58. The van der Waals surface area contributed by atoms with Crippen LogP contribution in [0.25, 0.3) is 0 Å². The van der Waals surface area contributed by atoms with Gasteiger partial charge in [0.05, 0.1) is 18.7 Å². The van der Waals surface area contributed by atoms with Crippen molar-refractivity contribution in [2.24, 2.45) is 0 Å². The minimum absolute atomic E-state index is 0.445. The maximum absolute atomic E-state index is 8.72. The Hall–Kier alpha value is -0.460. The average Bonchev–Trinajstić information content (AvgIpc) is 2.29. The summed E-state index contributed by atoms with van der Waals surface area (Å²) in [6, 6.07) is 6.79. The van der Waals surface area contributed by atoms with Crippen molar-refractivity contribution in [2.75, 3.05) is 7.11 Å². The van der Waals surface area contributed by atoms with Crippen LogP contribution in [-0.4, -0.2) is 11.7 Å². The summed E-state index contributed by atoms with van der Waals surface area (Å²) >= 11 is 16.2. The van der Waals surface area contributed by atoms with Crippen LogP contribution in [0.3, 0.4) is 0 Å². The second-order valence-corrected chi connectivity index (χ2v) is 7.15. The van der Waals surface area contributed by atoms with Gasteiger partial charge < -0.3 is 9.26 Å². The van der Waals surface area contributed by atoms with Gasteiger partial charge in [-0.1, -0.05) is 35.0 Å². The second-order valence-electron chi connectivity index (χ2n) is 2.70. The molecule has 1 aromatic carbocycles. The number of rotatable bonds is 4. The molecule has 0 heterocycles. The largest absolute Gasteiger partial charge is 0.493 e. The van der Waals surface area contributed by atoms with Crippen LogP contribution < -0.4 is 9.26 Å². The van der Waals surface area contributed by atoms with Crippen LogP contribution in [0, 0.1) is 11.3 Å². The van der Waals surface area contributed by atoms with Gasteiger partial charge in [-0.3, -0.25) is 0 Å². The van der Waals surface area contributed by atoms with E-state index in [2.05, 4.69) is 0 Å². The van der Waals surface area contributed by atoms with Gasteiger partial charge in [-0.2, -0.15) is 5.26 Å². The van der Waals surface area contributed by atoms with Crippen LogP contribution in [0.5, 0.6) is 11.5 Å². The van der Waals surface area contributed by atoms with Crippen LogP contribution in [0.15, 0.2) is 18.2 Å². The van der Waals surface area contributed by atoms with E-state index in [1.54, 1.807) is 18.2 Å². The molecule has 86 valence electrons. The Morgan fingerprint density at radius 3 is 2.62 bits per heavy atom. The molecule has 1 aromatic rings. The zero-order valence-electron chi connectivity index (χ0n) is 8.24. The monoisotopic (exact) mass is 295 g/mol. The molecule has 0 saturated heterocycles. The molecule has 16 heavy (non-hydrogen) atoms. The fourth-order valence-corrected chi connectivity index (χ4v) is 1.99. The number of benzene rings is 1. The van der Waals surface area contributed by atoms with E-state index in [4.69, 9.17) is 49.5 Å². The number of methoxy groups -OCH3 is 1. The summed E-state index contributed by atoms with van der Waals surface area (Å²) in [5.41, 5.74) is 0.482. The Bertz CT molecular complexity index is 448. The lowest BCUT2D eigenvalue weighted by atomic mass is 10.2. The fraction of sp³-hybridized carbons (Fsp3) is 0.222. The van der Waals surface area contributed by atoms with Crippen molar-refractivity contribution in [1.82, 2.24) is 0 Å². The molecule has 0 aliphatic heterocycles. The van der Waals surface area contributed by atoms with Crippen molar-refractivity contribution in [3.05, 3.63) is 23.8 Å². The van der Waals surface area contributed by atoms with Crippen molar-refractivity contribution in [2.45, 2.75) is 4.58 Å². The molecule has 0 N–H and O–H groups in total. The molecule has 7 heteroatoms. The van der Waals surface area contributed by atoms with E-state index in [0.29, 0.717) is 17.1 Å². The second kappa shape index (κ2) is 6.32. The number of alkyl halides is 2. The summed E-state index contributed by atoms with van der Waals surface area (Å²) in [6.07, 6.45) is 0. The van der Waals surface area contributed by atoms with Gasteiger partial charge in [0.1, 0.15) is 6.92 Å². The lowest BCUT2D eigenvalue weighted by Crippen LogP contribution is -1.92. The van der Waals surface area contributed by atoms with Gasteiger partial charge in [0, 0.05) is 6.07 Å². The molecule has 0 radical (unpaired) electrons. The van der Waals surface area contributed by atoms with Gasteiger partial charge in [-0.25, -0.2) is 0 Å². The number of nitrogens with zero attached hydrogens (tertiary/aromatic N) is 1. The fourth-order valence-electron chi connectivity index (χ4n) is 0.974. The highest BCUT2D eigenvalue weighted by molar-refractivity contribution is 8.04. The first-order valence-electron chi connectivity index (χ1n) is 4.16. The number of hydrogen-bond donors (Lipinski definition) is 0. The zero-order chi connectivity index (χ0) is 12.1. The van der Waals surface area contributed by atoms with Gasteiger partial charge in [0.25, 0.3) is 0 Å². The van der Waals surface area contributed by atoms with Crippen LogP contribution in [0.1, 0.15) is 5.56 Å². The normalized spacial score (nSPS) is 11.9. The zero-order valence-corrected chi connectivity index (χ0v) is 11.6. The van der Waals surface area contributed by atoms with Gasteiger partial charge >= 0.3 is 0 Å². The van der Waals surface area contributed by atoms with Crippen molar-refractivity contribution >= 4 is 41.9 Å². The highest BCUT2D eigenvalue weighted by Crippen LogP contribution is 2.40. The van der Waals surface area contributed by atoms with Crippen molar-refractivity contribution in [1.29, 1.82) is 5.26 Å². The third-order valence-electron chi connectivity index (χ3n) is 1.68. The van der Waals surface area contributed by atoms with Gasteiger partial charge in [0.15, 0.2) is 16.1 Å². The highest BCUT2D eigenvalue weighted by Gasteiger charge is 2.11. The van der Waals surface area contributed by atoms with Gasteiger partial charge in [0.2, 0.25) is 0 Å². The Balaban J connectivity index is 2.97. The summed E-state index contributed by atoms with van der Waals surface area (Å²) in [4.78, 5) is 0. The molecule has 1 rings (SSSR count). The molecule has 3 nitrogen and oxygen atoms in total. The minimum Gasteiger partial charge on any atom is -0.493 e. The molecule has 0 aliphatic rings. The Kier molecular flexibility index (Phi) is 5.37. The number of hydrogen-bond acceptors (Lipinski definition) is 4. The molecule has 0 aromatic heterocycles. The van der Waals surface area contributed by atoms with Crippen LogP contribution in [0.2, 0.25) is 0 Å². The van der Waals surface area contributed by atoms with Crippen LogP contribution in [0.4, 0.5) is 0 Å². The van der Waals surface area contributed by atoms with Crippen molar-refractivity contribution < 1.29 is 9.26 Å². The van der Waals surface area contributed by atoms with Gasteiger partial charge in [-0.15, -0.1) is 0 Å². The van der Waals surface area contributed by atoms with E-state index in [-0.39, 0.29) is 0 Å². The van der Waals surface area contributed by atoms with Crippen LogP contribution >= 0.6 is 30.1 Å². The summed E-state index contributed by atoms with van der Waals surface area (Å²) in [6.45, 7) is -1.76. The van der Waals surface area contributed by atoms with Crippen LogP contribution in [-0.2, 0) is 11.8 Å². The summed E-state index contributed by atoms with van der Waals surface area (Å²) < 4.78 is 9.78. The van der Waals surface area contributed by atoms with E-state index in [1.807, 2.05) is 6.07 Å². The lowest BCUT2D eigenvalue weighted by molar-refractivity contribution is 0.398. The molecule has 0 aliphatic carbocycles. The predicted molar refractivity (Wildman–Crippen MR) is 69.5 cm³/mol. The van der Waals surface area contributed by atoms with E-state index in [9.17, 15) is 0 Å². The first kappa shape index (κ1) is 13.6. The van der Waals surface area contributed by atoms with E-state index >= 15 is 0 Å². The standard InChI is InChI=1S/C9H8Cl2NO2PS/c1-13-8-4-6(5-12)2-3-7(8)14-15(16)9(10)11/h2-4,9,15H,1H3. The van der Waals surface area contributed by atoms with Crippen molar-refractivity contribution in [3.8, 4) is 17.6 Å². The topological polar surface area (TPSA) is 42.2 Å². The smallest absolute Gasteiger partial charge is 0.166 e. The molecule has 0 spiro atoms. The summed E-state index contributed by atoms with van der Waals surface area (Å²) in [5.74, 6) is 0.900. The summed E-state index contributed by atoms with van der Waals surface area (Å²) in [5, 5.41) is 8.72. The molecule has 1 atom stereocenters. The first-order valence-corrected chi connectivity index (χ1v) is 7.65. The molecule has 0 bridgehead atoms. The Labute approximate surface area is 109 Å². The lowest BCUT2D eigenvalue weighted by Gasteiger charge is -2.12. The molecular formula is C9H8Cl2NO2PS. The van der Waals surface area contributed by atoms with E-state index in [1.165, 1.54) is 7.11 Å². The molecular weight excluding hydrogens is 288 g/mol. The quantitative estimate of drug-likeness (QED) is 0.631. The number of halogens is 2. The average molecular weight is 296 g/mol. The maximum Gasteiger partial charge on any atom is 0.166 e. The predicted octanol–water partition coefficient (Wildman–Crippen LogP) is 3.30. The summed E-state index contributed by atoms with van der Waals surface area (Å²) in [7, 11) is 1.48. The van der Waals surface area contributed by atoms with E-state index in [0.717, 1.165) is 0 Å². The molecule has 1 unspecified atom stereocenters. The Morgan fingerprint density at radius 2 is 2.12 bits per heavy atom. The Morgan fingerprint density at radius 1 is 1.44 bits per heavy atom. The third kappa shape index (κ3) is 3.54. The number of ether oxygens (including phenoxy) is 1. The van der Waals surface area contributed by atoms with E-state index < -0.39 is 11.5 Å². The maximum atomic E-state index is 8.72. The highest BCUT2D eigenvalue weighted by atomic mass is 35.5. The molecule has 0 amide bonds. The minimum atomic E-state index is -1.76. The third-order valence-corrected chi connectivity index (χ3v) is 5.38. The van der Waals surface area contributed by atoms with Crippen molar-refractivity contribution in [3.63, 3.8) is 0 Å².